The molecule has 88 valence electrons. The van der Waals surface area contributed by atoms with E-state index in [0.717, 1.165) is 29.6 Å². The summed E-state index contributed by atoms with van der Waals surface area (Å²) in [5.41, 5.74) is 2.39. The lowest BCUT2D eigenvalue weighted by molar-refractivity contribution is 0.746. The zero-order chi connectivity index (χ0) is 11.5. The second-order valence-corrected chi connectivity index (χ2v) is 5.11. The van der Waals surface area contributed by atoms with Crippen LogP contribution in [-0.4, -0.2) is 26.7 Å². The van der Waals surface area contributed by atoms with E-state index in [1.54, 1.807) is 11.8 Å². The molecule has 0 saturated carbocycles. The van der Waals surface area contributed by atoms with E-state index >= 15 is 0 Å². The molecule has 0 spiro atoms. The first-order valence-corrected chi connectivity index (χ1v) is 6.62. The van der Waals surface area contributed by atoms with Crippen LogP contribution >= 0.6 is 11.8 Å². The molecule has 1 saturated heterocycles. The number of rotatable bonds is 3. The van der Waals surface area contributed by atoms with Crippen LogP contribution in [0, 0.1) is 0 Å². The Balaban J connectivity index is 2.03. The van der Waals surface area contributed by atoms with Gasteiger partial charge >= 0.3 is 0 Å². The number of aromatic nitrogens is 2. The predicted octanol–water partition coefficient (Wildman–Crippen LogP) is 1.56. The number of hydrogen-bond donors (Lipinski definition) is 1. The highest BCUT2D eigenvalue weighted by molar-refractivity contribution is 8.14. The topological polar surface area (TPSA) is 42.2 Å². The number of nitrogens with one attached hydrogen (secondary N) is 1. The highest BCUT2D eigenvalue weighted by Crippen LogP contribution is 2.15. The fraction of sp³-hybridized carbons (Fsp3) is 0.636. The van der Waals surface area contributed by atoms with Gasteiger partial charge in [-0.2, -0.15) is 5.10 Å². The fourth-order valence-electron chi connectivity index (χ4n) is 1.76. The van der Waals surface area contributed by atoms with Crippen molar-refractivity contribution in [3.05, 3.63) is 17.5 Å². The van der Waals surface area contributed by atoms with Crippen LogP contribution < -0.4 is 5.32 Å². The molecule has 1 aliphatic rings. The summed E-state index contributed by atoms with van der Waals surface area (Å²) in [5, 5.41) is 8.83. The number of aliphatic imine (C=N–C) groups is 1. The molecule has 1 N–H and O–H groups in total. The van der Waals surface area contributed by atoms with Gasteiger partial charge in [0.25, 0.3) is 0 Å². The molecular weight excluding hydrogens is 220 g/mol. The van der Waals surface area contributed by atoms with Crippen LogP contribution in [0.2, 0.25) is 0 Å². The van der Waals surface area contributed by atoms with Crippen LogP contribution in [0.1, 0.15) is 25.1 Å². The lowest BCUT2D eigenvalue weighted by Gasteiger charge is -2.00. The standard InChI is InChI=1S/C11H18N4S/c1-4-10-9(6-15(3)14-10)5-12-11-13-8(2)7-16-11/h6,8H,4-5,7H2,1-3H3,(H,12,13). The summed E-state index contributed by atoms with van der Waals surface area (Å²) in [6.45, 7) is 5.04. The van der Waals surface area contributed by atoms with Gasteiger partial charge in [-0.05, 0) is 13.3 Å². The zero-order valence-electron chi connectivity index (χ0n) is 10.0. The predicted molar refractivity (Wildman–Crippen MR) is 68.8 cm³/mol. The van der Waals surface area contributed by atoms with E-state index in [1.165, 1.54) is 5.56 Å². The number of hydrogen-bond acceptors (Lipinski definition) is 3. The van der Waals surface area contributed by atoms with Gasteiger partial charge in [-0.25, -0.2) is 0 Å². The van der Waals surface area contributed by atoms with Gasteiger partial charge in [0.05, 0.1) is 12.2 Å². The van der Waals surface area contributed by atoms with E-state index in [1.807, 2.05) is 11.7 Å². The first kappa shape index (κ1) is 11.5. The highest BCUT2D eigenvalue weighted by atomic mass is 32.2. The first-order valence-electron chi connectivity index (χ1n) is 5.64. The Hall–Kier alpha value is -0.970. The van der Waals surface area contributed by atoms with Crippen molar-refractivity contribution in [2.45, 2.75) is 32.9 Å². The number of nitrogens with zero attached hydrogens (tertiary/aromatic N) is 3. The van der Waals surface area contributed by atoms with Gasteiger partial charge < -0.3 is 5.32 Å². The molecule has 0 bridgehead atoms. The van der Waals surface area contributed by atoms with Gasteiger partial charge in [-0.15, -0.1) is 0 Å². The third kappa shape index (κ3) is 2.58. The summed E-state index contributed by atoms with van der Waals surface area (Å²) in [5.74, 6) is 1.12. The molecule has 0 aromatic carbocycles. The van der Waals surface area contributed by atoms with E-state index in [4.69, 9.17) is 0 Å². The van der Waals surface area contributed by atoms with E-state index in [-0.39, 0.29) is 0 Å². The maximum atomic E-state index is 4.58. The van der Waals surface area contributed by atoms with E-state index < -0.39 is 0 Å². The maximum absolute atomic E-state index is 4.58. The molecule has 1 unspecified atom stereocenters. The van der Waals surface area contributed by atoms with Crippen molar-refractivity contribution in [2.24, 2.45) is 12.0 Å². The normalized spacial score (nSPS) is 22.7. The summed E-state index contributed by atoms with van der Waals surface area (Å²) < 4.78 is 1.87. The third-order valence-electron chi connectivity index (χ3n) is 2.56. The second kappa shape index (κ2) is 4.91. The lowest BCUT2D eigenvalue weighted by Crippen LogP contribution is -2.23. The van der Waals surface area contributed by atoms with Gasteiger partial charge in [-0.3, -0.25) is 9.67 Å². The third-order valence-corrected chi connectivity index (χ3v) is 3.75. The molecule has 0 radical (unpaired) electrons. The average Bonchev–Trinajstić information content (AvgIpc) is 2.81. The number of thioether (sulfide) groups is 1. The monoisotopic (exact) mass is 238 g/mol. The molecule has 1 aliphatic heterocycles. The van der Waals surface area contributed by atoms with Crippen molar-refractivity contribution < 1.29 is 0 Å². The molecule has 5 heteroatoms. The molecule has 2 rings (SSSR count). The van der Waals surface area contributed by atoms with Crippen LogP contribution in [0.25, 0.3) is 0 Å². The van der Waals surface area contributed by atoms with Gasteiger partial charge in [0.1, 0.15) is 0 Å². The van der Waals surface area contributed by atoms with Crippen molar-refractivity contribution in [3.63, 3.8) is 0 Å². The quantitative estimate of drug-likeness (QED) is 0.869. The Labute approximate surface area is 101 Å². The molecular formula is C11H18N4S. The molecule has 1 atom stereocenters. The van der Waals surface area contributed by atoms with Gasteiger partial charge in [0.2, 0.25) is 0 Å². The Morgan fingerprint density at radius 2 is 2.50 bits per heavy atom. The Bertz CT molecular complexity index is 397. The van der Waals surface area contributed by atoms with Crippen molar-refractivity contribution in [2.75, 3.05) is 5.75 Å². The van der Waals surface area contributed by atoms with Crippen LogP contribution in [0.3, 0.4) is 0 Å². The highest BCUT2D eigenvalue weighted by Gasteiger charge is 2.15. The smallest absolute Gasteiger partial charge is 0.157 e. The van der Waals surface area contributed by atoms with Gasteiger partial charge in [-0.1, -0.05) is 18.7 Å². The summed E-state index contributed by atoms with van der Waals surface area (Å²) in [7, 11) is 1.96. The van der Waals surface area contributed by atoms with Crippen molar-refractivity contribution in [1.29, 1.82) is 0 Å². The van der Waals surface area contributed by atoms with Crippen LogP contribution in [0.15, 0.2) is 11.2 Å². The zero-order valence-corrected chi connectivity index (χ0v) is 10.8. The summed E-state index contributed by atoms with van der Waals surface area (Å²) in [6.07, 6.45) is 3.03. The Morgan fingerprint density at radius 1 is 1.69 bits per heavy atom. The largest absolute Gasteiger partial charge is 0.362 e. The van der Waals surface area contributed by atoms with Gasteiger partial charge in [0, 0.05) is 30.6 Å². The van der Waals surface area contributed by atoms with Crippen molar-refractivity contribution in [1.82, 2.24) is 15.1 Å². The molecule has 2 heterocycles. The molecule has 0 amide bonds. The number of amidine groups is 1. The average molecular weight is 238 g/mol. The fourth-order valence-corrected chi connectivity index (χ4v) is 2.69. The number of aryl methyl sites for hydroxylation is 2. The van der Waals surface area contributed by atoms with E-state index in [9.17, 15) is 0 Å². The minimum atomic E-state index is 0.545. The van der Waals surface area contributed by atoms with Crippen LogP contribution in [0.4, 0.5) is 0 Å². The summed E-state index contributed by atoms with van der Waals surface area (Å²) in [4.78, 5) is 4.58. The first-order chi connectivity index (χ1) is 7.69. The minimum absolute atomic E-state index is 0.545. The maximum Gasteiger partial charge on any atom is 0.157 e. The van der Waals surface area contributed by atoms with Crippen molar-refractivity contribution >= 4 is 16.9 Å². The van der Waals surface area contributed by atoms with Crippen molar-refractivity contribution in [3.8, 4) is 0 Å². The molecule has 0 aliphatic carbocycles. The molecule has 4 nitrogen and oxygen atoms in total. The van der Waals surface area contributed by atoms with Crippen LogP contribution in [-0.2, 0) is 20.0 Å². The molecule has 1 aromatic rings. The molecule has 1 fully saturated rings. The van der Waals surface area contributed by atoms with Gasteiger partial charge in [0.15, 0.2) is 5.17 Å². The lowest BCUT2D eigenvalue weighted by atomic mass is 10.2. The second-order valence-electron chi connectivity index (χ2n) is 4.11. The Kier molecular flexibility index (Phi) is 3.53. The van der Waals surface area contributed by atoms with E-state index in [0.29, 0.717) is 6.04 Å². The molecule has 16 heavy (non-hydrogen) atoms. The summed E-state index contributed by atoms with van der Waals surface area (Å²) in [6, 6.07) is 0.545. The van der Waals surface area contributed by atoms with E-state index in [2.05, 4.69) is 35.5 Å². The SMILES string of the molecule is CCc1nn(C)cc1CN=C1NC(C)CS1. The molecule has 1 aromatic heterocycles. The van der Waals surface area contributed by atoms with Crippen LogP contribution in [0.5, 0.6) is 0 Å². The Morgan fingerprint density at radius 3 is 3.12 bits per heavy atom. The summed E-state index contributed by atoms with van der Waals surface area (Å²) >= 11 is 1.80. The minimum Gasteiger partial charge on any atom is -0.362 e.